The fourth-order valence-corrected chi connectivity index (χ4v) is 2.13. The minimum absolute atomic E-state index is 0.117. The molecule has 2 aromatic carbocycles. The number of methoxy groups -OCH3 is 1. The van der Waals surface area contributed by atoms with Gasteiger partial charge in [-0.25, -0.2) is 0 Å². The number of hydrogen-bond acceptors (Lipinski definition) is 7. The molecule has 0 fully saturated rings. The van der Waals surface area contributed by atoms with Crippen LogP contribution in [0.5, 0.6) is 11.5 Å². The van der Waals surface area contributed by atoms with Gasteiger partial charge in [-0.1, -0.05) is 0 Å². The summed E-state index contributed by atoms with van der Waals surface area (Å²) in [7, 11) is -2.96. The number of azo groups is 1. The van der Waals surface area contributed by atoms with Gasteiger partial charge in [-0.15, -0.1) is 10.2 Å². The van der Waals surface area contributed by atoms with E-state index in [9.17, 15) is 13.5 Å². The van der Waals surface area contributed by atoms with Crippen LogP contribution in [0.15, 0.2) is 51.5 Å². The Kier molecular flexibility index (Phi) is 4.29. The van der Waals surface area contributed by atoms with Crippen molar-refractivity contribution in [3.8, 4) is 11.5 Å². The van der Waals surface area contributed by atoms with Gasteiger partial charge in [-0.2, -0.15) is 8.42 Å². The van der Waals surface area contributed by atoms with Gasteiger partial charge >= 0.3 is 0 Å². The third-order valence-corrected chi connectivity index (χ3v) is 3.56. The molecule has 0 aliphatic carbocycles. The number of phenols is 1. The van der Waals surface area contributed by atoms with E-state index in [1.165, 1.54) is 7.11 Å². The number of benzene rings is 2. The van der Waals surface area contributed by atoms with Crippen molar-refractivity contribution in [2.75, 3.05) is 12.8 Å². The van der Waals surface area contributed by atoms with E-state index in [2.05, 4.69) is 10.2 Å². The van der Waals surface area contributed by atoms with Crippen LogP contribution >= 0.6 is 0 Å². The van der Waals surface area contributed by atoms with E-state index >= 15 is 0 Å². The molecule has 0 unspecified atom stereocenters. The lowest BCUT2D eigenvalue weighted by atomic mass is 10.2. The lowest BCUT2D eigenvalue weighted by Crippen LogP contribution is -1.96. The molecule has 0 aromatic heterocycles. The van der Waals surface area contributed by atoms with E-state index < -0.39 is 15.0 Å². The molecule has 0 radical (unpaired) electrons. The standard InChI is InChI=1S/C13H13N3O5S/c1-21-13-6-8(14)2-4-10(13)15-16-11-7-9(22(18,19)20)3-5-12(11)17/h2-7,17H,14H2,1H3,(H,18,19,20). The molecule has 2 aromatic rings. The van der Waals surface area contributed by atoms with Gasteiger partial charge in [0.25, 0.3) is 10.1 Å². The van der Waals surface area contributed by atoms with Crippen molar-refractivity contribution < 1.29 is 22.8 Å². The van der Waals surface area contributed by atoms with Gasteiger partial charge in [-0.05, 0) is 30.3 Å². The smallest absolute Gasteiger partial charge is 0.294 e. The van der Waals surface area contributed by atoms with Gasteiger partial charge in [-0.3, -0.25) is 4.55 Å². The van der Waals surface area contributed by atoms with Crippen molar-refractivity contribution in [1.82, 2.24) is 0 Å². The van der Waals surface area contributed by atoms with Gasteiger partial charge in [0, 0.05) is 11.8 Å². The summed E-state index contributed by atoms with van der Waals surface area (Å²) in [4.78, 5) is -0.400. The summed E-state index contributed by atoms with van der Waals surface area (Å²) in [5.41, 5.74) is 6.32. The summed E-state index contributed by atoms with van der Waals surface area (Å²) in [5, 5.41) is 17.3. The van der Waals surface area contributed by atoms with Gasteiger partial charge in [0.15, 0.2) is 0 Å². The summed E-state index contributed by atoms with van der Waals surface area (Å²) >= 11 is 0. The highest BCUT2D eigenvalue weighted by molar-refractivity contribution is 7.85. The Morgan fingerprint density at radius 3 is 2.41 bits per heavy atom. The van der Waals surface area contributed by atoms with Gasteiger partial charge < -0.3 is 15.6 Å². The predicted molar refractivity (Wildman–Crippen MR) is 79.5 cm³/mol. The first-order valence-corrected chi connectivity index (χ1v) is 7.41. The number of anilines is 1. The van der Waals surface area contributed by atoms with Crippen molar-refractivity contribution in [2.24, 2.45) is 10.2 Å². The third-order valence-electron chi connectivity index (χ3n) is 2.71. The van der Waals surface area contributed by atoms with Crippen molar-refractivity contribution in [3.63, 3.8) is 0 Å². The molecule has 0 spiro atoms. The molecular formula is C13H13N3O5S. The second kappa shape index (κ2) is 6.00. The molecule has 9 heteroatoms. The lowest BCUT2D eigenvalue weighted by molar-refractivity contribution is 0.416. The van der Waals surface area contributed by atoms with Crippen LogP contribution < -0.4 is 10.5 Å². The largest absolute Gasteiger partial charge is 0.506 e. The molecule has 0 saturated carbocycles. The van der Waals surface area contributed by atoms with Crippen LogP contribution in [0.1, 0.15) is 0 Å². The Hall–Kier alpha value is -2.65. The average molecular weight is 323 g/mol. The molecule has 8 nitrogen and oxygen atoms in total. The third kappa shape index (κ3) is 3.51. The number of nitrogens with zero attached hydrogens (tertiary/aromatic N) is 2. The van der Waals surface area contributed by atoms with Crippen LogP contribution in [0.4, 0.5) is 17.1 Å². The Balaban J connectivity index is 2.42. The molecular weight excluding hydrogens is 310 g/mol. The highest BCUT2D eigenvalue weighted by atomic mass is 32.2. The van der Waals surface area contributed by atoms with E-state index in [1.54, 1.807) is 18.2 Å². The monoisotopic (exact) mass is 323 g/mol. The van der Waals surface area contributed by atoms with E-state index in [1.807, 2.05) is 0 Å². The number of aromatic hydroxyl groups is 1. The summed E-state index contributed by atoms with van der Waals surface area (Å²) in [6.07, 6.45) is 0. The molecule has 116 valence electrons. The lowest BCUT2D eigenvalue weighted by Gasteiger charge is -2.05. The van der Waals surface area contributed by atoms with E-state index in [0.29, 0.717) is 17.1 Å². The number of ether oxygens (including phenoxy) is 1. The molecule has 0 aliphatic heterocycles. The first kappa shape index (κ1) is 15.7. The van der Waals surface area contributed by atoms with Crippen molar-refractivity contribution in [1.29, 1.82) is 0 Å². The molecule has 2 rings (SSSR count). The highest BCUT2D eigenvalue weighted by Gasteiger charge is 2.12. The fraction of sp³-hybridized carbons (Fsp3) is 0.0769. The van der Waals surface area contributed by atoms with Gasteiger partial charge in [0.05, 0.1) is 12.0 Å². The Labute approximate surface area is 126 Å². The number of nitrogens with two attached hydrogens (primary N) is 1. The molecule has 0 bridgehead atoms. The quantitative estimate of drug-likeness (QED) is 0.450. The second-order valence-corrected chi connectivity index (χ2v) is 5.68. The minimum atomic E-state index is -4.40. The number of nitrogen functional groups attached to an aromatic ring is 1. The maximum Gasteiger partial charge on any atom is 0.294 e. The van der Waals surface area contributed by atoms with Crippen molar-refractivity contribution >= 4 is 27.2 Å². The van der Waals surface area contributed by atoms with Crippen LogP contribution in [-0.2, 0) is 10.1 Å². The topological polar surface area (TPSA) is 135 Å². The minimum Gasteiger partial charge on any atom is -0.506 e. The van der Waals surface area contributed by atoms with E-state index in [0.717, 1.165) is 18.2 Å². The molecule has 0 heterocycles. The fourth-order valence-electron chi connectivity index (χ4n) is 1.63. The van der Waals surface area contributed by atoms with Crippen LogP contribution in [0.25, 0.3) is 0 Å². The molecule has 4 N–H and O–H groups in total. The average Bonchev–Trinajstić information content (AvgIpc) is 2.46. The van der Waals surface area contributed by atoms with E-state index in [4.69, 9.17) is 15.0 Å². The molecule has 22 heavy (non-hydrogen) atoms. The summed E-state index contributed by atoms with van der Waals surface area (Å²) in [6, 6.07) is 7.83. The van der Waals surface area contributed by atoms with Gasteiger partial charge in [0.2, 0.25) is 0 Å². The van der Waals surface area contributed by atoms with Crippen LogP contribution in [0.3, 0.4) is 0 Å². The first-order chi connectivity index (χ1) is 10.3. The van der Waals surface area contributed by atoms with E-state index in [-0.39, 0.29) is 11.4 Å². The summed E-state index contributed by atoms with van der Waals surface area (Å²) in [6.45, 7) is 0. The molecule has 0 atom stereocenters. The Morgan fingerprint density at radius 1 is 1.09 bits per heavy atom. The Morgan fingerprint density at radius 2 is 1.77 bits per heavy atom. The second-order valence-electron chi connectivity index (χ2n) is 4.26. The SMILES string of the molecule is COc1cc(N)ccc1N=Nc1cc(S(=O)(=O)O)ccc1O. The number of phenolic OH excluding ortho intramolecular Hbond substituents is 1. The highest BCUT2D eigenvalue weighted by Crippen LogP contribution is 2.34. The summed E-state index contributed by atoms with van der Waals surface area (Å²) in [5.74, 6) is 0.0831. The van der Waals surface area contributed by atoms with Gasteiger partial charge in [0.1, 0.15) is 22.9 Å². The van der Waals surface area contributed by atoms with Crippen molar-refractivity contribution in [3.05, 3.63) is 36.4 Å². The maximum absolute atomic E-state index is 11.1. The molecule has 0 saturated heterocycles. The number of hydrogen-bond donors (Lipinski definition) is 3. The number of rotatable bonds is 4. The van der Waals surface area contributed by atoms with Crippen LogP contribution in [-0.4, -0.2) is 25.2 Å². The van der Waals surface area contributed by atoms with Crippen LogP contribution in [0.2, 0.25) is 0 Å². The summed E-state index contributed by atoms with van der Waals surface area (Å²) < 4.78 is 36.2. The zero-order valence-corrected chi connectivity index (χ0v) is 12.3. The maximum atomic E-state index is 11.1. The normalized spacial score (nSPS) is 11.7. The zero-order chi connectivity index (χ0) is 16.3. The predicted octanol–water partition coefficient (Wildman–Crippen LogP) is 2.65. The van der Waals surface area contributed by atoms with Crippen molar-refractivity contribution in [2.45, 2.75) is 4.90 Å². The Bertz CT molecular complexity index is 834. The molecule has 0 aliphatic rings. The van der Waals surface area contributed by atoms with Crippen LogP contribution in [0, 0.1) is 0 Å². The zero-order valence-electron chi connectivity index (χ0n) is 11.5. The first-order valence-electron chi connectivity index (χ1n) is 5.97. The molecule has 0 amide bonds.